The van der Waals surface area contributed by atoms with Crippen LogP contribution in [0, 0.1) is 5.82 Å². The Morgan fingerprint density at radius 1 is 1.21 bits per heavy atom. The third-order valence-electron chi connectivity index (χ3n) is 5.94. The average molecular weight is 476 g/mol. The molecule has 3 rings (SSSR count). The van der Waals surface area contributed by atoms with Gasteiger partial charge in [-0.2, -0.15) is 0 Å². The topological polar surface area (TPSA) is 98.7 Å². The molecule has 9 heteroatoms. The summed E-state index contributed by atoms with van der Waals surface area (Å²) in [4.78, 5) is 38.9. The van der Waals surface area contributed by atoms with Gasteiger partial charge in [-0.15, -0.1) is 0 Å². The fourth-order valence-corrected chi connectivity index (χ4v) is 4.38. The number of hydrogen-bond donors (Lipinski definition) is 3. The molecule has 0 bridgehead atoms. The maximum atomic E-state index is 14.2. The van der Waals surface area contributed by atoms with E-state index in [1.54, 1.807) is 0 Å². The van der Waals surface area contributed by atoms with Crippen LogP contribution < -0.4 is 10.6 Å². The van der Waals surface area contributed by atoms with Crippen LogP contribution in [0.5, 0.6) is 0 Å². The number of nitrogens with one attached hydrogen (secondary N) is 2. The van der Waals surface area contributed by atoms with Crippen molar-refractivity contribution in [3.63, 3.8) is 0 Å². The van der Waals surface area contributed by atoms with Crippen molar-refractivity contribution in [3.05, 3.63) is 63.9 Å². The van der Waals surface area contributed by atoms with Crippen LogP contribution in [-0.4, -0.2) is 54.5 Å². The predicted molar refractivity (Wildman–Crippen MR) is 124 cm³/mol. The van der Waals surface area contributed by atoms with Gasteiger partial charge in [0.25, 0.3) is 5.91 Å². The number of nitrogens with zero attached hydrogens (tertiary/aromatic N) is 1. The highest BCUT2D eigenvalue weighted by Gasteiger charge is 2.51. The molecule has 0 atom stereocenters. The maximum Gasteiger partial charge on any atom is 0.304 e. The van der Waals surface area contributed by atoms with Crippen LogP contribution in [0.25, 0.3) is 0 Å². The molecule has 0 radical (unpaired) electrons. The molecule has 1 saturated heterocycles. The summed E-state index contributed by atoms with van der Waals surface area (Å²) in [5.41, 5.74) is 0.924. The Hall–Kier alpha value is -2.97. The third-order valence-corrected chi connectivity index (χ3v) is 6.23. The van der Waals surface area contributed by atoms with E-state index in [1.807, 2.05) is 43.0 Å². The summed E-state index contributed by atoms with van der Waals surface area (Å²) in [6.45, 7) is 4.99. The minimum absolute atomic E-state index is 0.0200. The molecular formula is C24H27ClFN3O4. The first-order valence-electron chi connectivity index (χ1n) is 10.6. The smallest absolute Gasteiger partial charge is 0.304 e. The number of carboxylic acid groups (broad SMARTS) is 1. The van der Waals surface area contributed by atoms with Crippen molar-refractivity contribution in [1.82, 2.24) is 10.2 Å². The van der Waals surface area contributed by atoms with Gasteiger partial charge in [-0.1, -0.05) is 49.7 Å². The molecule has 7 nitrogen and oxygen atoms in total. The van der Waals surface area contributed by atoms with Gasteiger partial charge in [0.05, 0.1) is 28.1 Å². The van der Waals surface area contributed by atoms with E-state index in [0.29, 0.717) is 19.6 Å². The lowest BCUT2D eigenvalue weighted by Gasteiger charge is -2.50. The molecule has 1 aliphatic heterocycles. The molecule has 1 fully saturated rings. The molecule has 2 aromatic carbocycles. The molecular weight excluding hydrogens is 449 g/mol. The SMILES string of the molecule is CNC(=O)c1cc(Cl)c(F)cc1NC(=O)C1(c2ccccc2C(C)C)CN(CCC(=O)O)C1. The summed E-state index contributed by atoms with van der Waals surface area (Å²) >= 11 is 5.86. The zero-order valence-electron chi connectivity index (χ0n) is 18.7. The van der Waals surface area contributed by atoms with Crippen molar-refractivity contribution in [1.29, 1.82) is 0 Å². The Balaban J connectivity index is 2.00. The van der Waals surface area contributed by atoms with E-state index in [9.17, 15) is 18.8 Å². The van der Waals surface area contributed by atoms with Gasteiger partial charge in [0.1, 0.15) is 5.82 Å². The fourth-order valence-electron chi connectivity index (χ4n) is 4.22. The van der Waals surface area contributed by atoms with E-state index in [-0.39, 0.29) is 28.6 Å². The van der Waals surface area contributed by atoms with E-state index in [1.165, 1.54) is 13.1 Å². The average Bonchev–Trinajstić information content (AvgIpc) is 2.74. The second-order valence-electron chi connectivity index (χ2n) is 8.52. The molecule has 33 heavy (non-hydrogen) atoms. The Bertz CT molecular complexity index is 1080. The van der Waals surface area contributed by atoms with E-state index in [0.717, 1.165) is 17.2 Å². The van der Waals surface area contributed by atoms with Gasteiger partial charge in [0.15, 0.2) is 0 Å². The molecule has 2 aromatic rings. The highest BCUT2D eigenvalue weighted by molar-refractivity contribution is 6.31. The van der Waals surface area contributed by atoms with Crippen molar-refractivity contribution < 1.29 is 23.9 Å². The van der Waals surface area contributed by atoms with Crippen LogP contribution in [0.3, 0.4) is 0 Å². The van der Waals surface area contributed by atoms with E-state index < -0.39 is 29.0 Å². The number of hydrogen-bond acceptors (Lipinski definition) is 4. The van der Waals surface area contributed by atoms with E-state index in [4.69, 9.17) is 16.7 Å². The summed E-state index contributed by atoms with van der Waals surface area (Å²) < 4.78 is 14.2. The number of benzene rings is 2. The number of anilines is 1. The number of carbonyl (C=O) groups excluding carboxylic acids is 2. The Morgan fingerprint density at radius 2 is 1.88 bits per heavy atom. The molecule has 176 valence electrons. The van der Waals surface area contributed by atoms with Crippen LogP contribution in [0.2, 0.25) is 5.02 Å². The van der Waals surface area contributed by atoms with Gasteiger partial charge >= 0.3 is 5.97 Å². The van der Waals surface area contributed by atoms with Crippen molar-refractivity contribution in [3.8, 4) is 0 Å². The lowest BCUT2D eigenvalue weighted by atomic mass is 9.69. The third kappa shape index (κ3) is 5.02. The first-order valence-corrected chi connectivity index (χ1v) is 11.0. The Morgan fingerprint density at radius 3 is 2.48 bits per heavy atom. The molecule has 0 spiro atoms. The lowest BCUT2D eigenvalue weighted by molar-refractivity contribution is -0.138. The summed E-state index contributed by atoms with van der Waals surface area (Å²) in [6, 6.07) is 9.84. The van der Waals surface area contributed by atoms with E-state index >= 15 is 0 Å². The van der Waals surface area contributed by atoms with E-state index in [2.05, 4.69) is 10.6 Å². The molecule has 1 heterocycles. The van der Waals surface area contributed by atoms with Crippen LogP contribution in [0.4, 0.5) is 10.1 Å². The van der Waals surface area contributed by atoms with Crippen LogP contribution in [0.1, 0.15) is 47.7 Å². The highest BCUT2D eigenvalue weighted by Crippen LogP contribution is 2.40. The lowest BCUT2D eigenvalue weighted by Crippen LogP contribution is -2.65. The van der Waals surface area contributed by atoms with Crippen molar-refractivity contribution in [2.75, 3.05) is 32.0 Å². The monoisotopic (exact) mass is 475 g/mol. The summed E-state index contributed by atoms with van der Waals surface area (Å²) in [5.74, 6) is -2.43. The first kappa shape index (κ1) is 24.7. The van der Waals surface area contributed by atoms with Crippen molar-refractivity contribution in [2.45, 2.75) is 31.6 Å². The largest absolute Gasteiger partial charge is 0.481 e. The summed E-state index contributed by atoms with van der Waals surface area (Å²) in [6.07, 6.45) is -0.0350. The number of halogens is 2. The molecule has 1 aliphatic rings. The molecule has 0 saturated carbocycles. The van der Waals surface area contributed by atoms with Gasteiger partial charge in [-0.3, -0.25) is 19.3 Å². The minimum atomic E-state index is -0.977. The maximum absolute atomic E-state index is 14.2. The normalized spacial score (nSPS) is 15.1. The Labute approximate surface area is 196 Å². The van der Waals surface area contributed by atoms with Gasteiger partial charge in [0.2, 0.25) is 5.91 Å². The van der Waals surface area contributed by atoms with Gasteiger partial charge in [0, 0.05) is 26.7 Å². The number of carboxylic acids is 1. The van der Waals surface area contributed by atoms with Gasteiger partial charge in [-0.05, 0) is 29.2 Å². The second kappa shape index (κ2) is 9.89. The number of amides is 2. The zero-order chi connectivity index (χ0) is 24.3. The molecule has 0 aliphatic carbocycles. The molecule has 2 amide bonds. The van der Waals surface area contributed by atoms with Crippen molar-refractivity contribution in [2.24, 2.45) is 0 Å². The van der Waals surface area contributed by atoms with Crippen LogP contribution in [0.15, 0.2) is 36.4 Å². The zero-order valence-corrected chi connectivity index (χ0v) is 19.5. The Kier molecular flexibility index (Phi) is 7.39. The van der Waals surface area contributed by atoms with Crippen LogP contribution >= 0.6 is 11.6 Å². The fraction of sp³-hybridized carbons (Fsp3) is 0.375. The van der Waals surface area contributed by atoms with Crippen LogP contribution in [-0.2, 0) is 15.0 Å². The number of carbonyl (C=O) groups is 3. The number of rotatable bonds is 8. The van der Waals surface area contributed by atoms with Gasteiger partial charge in [-0.25, -0.2) is 4.39 Å². The molecule has 3 N–H and O–H groups in total. The quantitative estimate of drug-likeness (QED) is 0.541. The molecule has 0 aromatic heterocycles. The summed E-state index contributed by atoms with van der Waals surface area (Å²) in [5, 5.41) is 14.0. The predicted octanol–water partition coefficient (Wildman–Crippen LogP) is 3.63. The summed E-state index contributed by atoms with van der Waals surface area (Å²) in [7, 11) is 1.43. The van der Waals surface area contributed by atoms with Gasteiger partial charge < -0.3 is 15.7 Å². The molecule has 0 unspecified atom stereocenters. The first-order chi connectivity index (χ1) is 15.6. The standard InChI is InChI=1S/C24H27ClFN3O4/c1-14(2)15-6-4-5-7-17(15)24(12-29(13-24)9-8-21(30)31)23(33)28-20-11-19(26)18(25)10-16(20)22(32)27-3/h4-7,10-11,14H,8-9,12-13H2,1-3H3,(H,27,32)(H,28,33)(H,30,31). The van der Waals surface area contributed by atoms with Crippen molar-refractivity contribution >= 4 is 35.1 Å². The number of aliphatic carboxylic acids is 1. The number of likely N-dealkylation sites (tertiary alicyclic amines) is 1. The highest BCUT2D eigenvalue weighted by atomic mass is 35.5. The second-order valence-corrected chi connectivity index (χ2v) is 8.93. The minimum Gasteiger partial charge on any atom is -0.481 e.